The average Bonchev–Trinajstić information content (AvgIpc) is 2.67. The second-order valence-electron chi connectivity index (χ2n) is 5.81. The van der Waals surface area contributed by atoms with E-state index in [1.54, 1.807) is 36.4 Å². The summed E-state index contributed by atoms with van der Waals surface area (Å²) in [6.07, 6.45) is 0.808. The summed E-state index contributed by atoms with van der Waals surface area (Å²) < 4.78 is 6.52. The van der Waals surface area contributed by atoms with Crippen LogP contribution in [0.3, 0.4) is 0 Å². The minimum atomic E-state index is -0.282. The van der Waals surface area contributed by atoms with E-state index in [0.717, 1.165) is 6.42 Å². The molecule has 0 unspecified atom stereocenters. The first-order valence-corrected chi connectivity index (χ1v) is 9.80. The van der Waals surface area contributed by atoms with Crippen molar-refractivity contribution in [2.75, 3.05) is 11.9 Å². The number of carbonyl (C=O) groups is 1. The minimum Gasteiger partial charge on any atom is -0.492 e. The first-order chi connectivity index (χ1) is 13.0. The lowest BCUT2D eigenvalue weighted by Crippen LogP contribution is -2.12. The molecule has 3 aromatic carbocycles. The van der Waals surface area contributed by atoms with Gasteiger partial charge in [-0.3, -0.25) is 4.79 Å². The van der Waals surface area contributed by atoms with Gasteiger partial charge in [0.2, 0.25) is 0 Å². The first kappa shape index (κ1) is 19.7. The second-order valence-corrected chi connectivity index (χ2v) is 7.51. The van der Waals surface area contributed by atoms with E-state index in [-0.39, 0.29) is 5.91 Å². The van der Waals surface area contributed by atoms with E-state index in [9.17, 15) is 4.79 Å². The van der Waals surface area contributed by atoms with Crippen molar-refractivity contribution < 1.29 is 9.53 Å². The molecule has 0 saturated heterocycles. The van der Waals surface area contributed by atoms with E-state index in [4.69, 9.17) is 27.9 Å². The average molecular weight is 465 g/mol. The Morgan fingerprint density at radius 3 is 2.52 bits per heavy atom. The Hall–Kier alpha value is -2.01. The molecule has 0 heterocycles. The van der Waals surface area contributed by atoms with Crippen LogP contribution >= 0.6 is 39.1 Å². The largest absolute Gasteiger partial charge is 0.492 e. The molecule has 1 amide bonds. The number of carbonyl (C=O) groups excluding carboxylic acids is 1. The predicted molar refractivity (Wildman–Crippen MR) is 114 cm³/mol. The Morgan fingerprint density at radius 2 is 1.78 bits per heavy atom. The summed E-state index contributed by atoms with van der Waals surface area (Å²) in [4.78, 5) is 12.5. The first-order valence-electron chi connectivity index (χ1n) is 8.25. The van der Waals surface area contributed by atoms with Gasteiger partial charge in [0.15, 0.2) is 0 Å². The number of halogens is 3. The molecule has 0 spiro atoms. The van der Waals surface area contributed by atoms with Gasteiger partial charge in [-0.25, -0.2) is 0 Å². The summed E-state index contributed by atoms with van der Waals surface area (Å²) in [5.74, 6) is 0.402. The number of amides is 1. The third-order valence-corrected chi connectivity index (χ3v) is 5.05. The molecule has 0 aliphatic heterocycles. The van der Waals surface area contributed by atoms with Crippen LogP contribution in [0.1, 0.15) is 15.9 Å². The lowest BCUT2D eigenvalue weighted by molar-refractivity contribution is 0.102. The SMILES string of the molecule is O=C(Nc1cc(Cl)ccc1Cl)c1ccc(OCCc2ccccc2)c(Br)c1. The highest BCUT2D eigenvalue weighted by atomic mass is 79.9. The summed E-state index contributed by atoms with van der Waals surface area (Å²) in [6.45, 7) is 0.548. The van der Waals surface area contributed by atoms with Gasteiger partial charge in [0.25, 0.3) is 5.91 Å². The molecule has 0 aromatic heterocycles. The zero-order valence-electron chi connectivity index (χ0n) is 14.2. The monoisotopic (exact) mass is 463 g/mol. The van der Waals surface area contributed by atoms with E-state index in [1.165, 1.54) is 5.56 Å². The van der Waals surface area contributed by atoms with Crippen LogP contribution in [0.5, 0.6) is 5.75 Å². The lowest BCUT2D eigenvalue weighted by Gasteiger charge is -2.11. The Morgan fingerprint density at radius 1 is 1.00 bits per heavy atom. The van der Waals surface area contributed by atoms with E-state index < -0.39 is 0 Å². The summed E-state index contributed by atoms with van der Waals surface area (Å²) in [7, 11) is 0. The Bertz CT molecular complexity index is 948. The van der Waals surface area contributed by atoms with Gasteiger partial charge in [-0.05, 0) is 57.9 Å². The number of benzene rings is 3. The highest BCUT2D eigenvalue weighted by Gasteiger charge is 2.12. The highest BCUT2D eigenvalue weighted by Crippen LogP contribution is 2.28. The van der Waals surface area contributed by atoms with Gasteiger partial charge < -0.3 is 10.1 Å². The number of anilines is 1. The highest BCUT2D eigenvalue weighted by molar-refractivity contribution is 9.10. The van der Waals surface area contributed by atoms with Crippen molar-refractivity contribution >= 4 is 50.7 Å². The van der Waals surface area contributed by atoms with Crippen LogP contribution < -0.4 is 10.1 Å². The molecule has 6 heteroatoms. The standard InChI is InChI=1S/C21H16BrCl2NO2/c22-17-12-15(21(26)25-19-13-16(23)7-8-18(19)24)6-9-20(17)27-11-10-14-4-2-1-3-5-14/h1-9,12-13H,10-11H2,(H,25,26). The van der Waals surface area contributed by atoms with Crippen molar-refractivity contribution in [2.24, 2.45) is 0 Å². The Balaban J connectivity index is 1.63. The summed E-state index contributed by atoms with van der Waals surface area (Å²) >= 11 is 15.5. The van der Waals surface area contributed by atoms with Crippen LogP contribution in [0.25, 0.3) is 0 Å². The maximum atomic E-state index is 12.5. The molecular formula is C21H16BrCl2NO2. The fraction of sp³-hybridized carbons (Fsp3) is 0.0952. The maximum absolute atomic E-state index is 12.5. The third-order valence-electron chi connectivity index (χ3n) is 3.86. The van der Waals surface area contributed by atoms with Gasteiger partial charge in [-0.15, -0.1) is 0 Å². The molecule has 0 atom stereocenters. The van der Waals surface area contributed by atoms with Gasteiger partial charge in [0, 0.05) is 17.0 Å². The van der Waals surface area contributed by atoms with Crippen LogP contribution in [0.15, 0.2) is 71.2 Å². The van der Waals surface area contributed by atoms with Crippen molar-refractivity contribution in [3.05, 3.63) is 92.4 Å². The smallest absolute Gasteiger partial charge is 0.255 e. The van der Waals surface area contributed by atoms with Gasteiger partial charge in [-0.1, -0.05) is 53.5 Å². The lowest BCUT2D eigenvalue weighted by atomic mass is 10.1. The van der Waals surface area contributed by atoms with Crippen LogP contribution in [-0.2, 0) is 6.42 Å². The molecule has 0 bridgehead atoms. The fourth-order valence-electron chi connectivity index (χ4n) is 2.47. The molecule has 0 saturated carbocycles. The third kappa shape index (κ3) is 5.48. The topological polar surface area (TPSA) is 38.3 Å². The molecule has 0 fully saturated rings. The van der Waals surface area contributed by atoms with Gasteiger partial charge >= 0.3 is 0 Å². The number of hydrogen-bond donors (Lipinski definition) is 1. The molecule has 138 valence electrons. The number of hydrogen-bond acceptors (Lipinski definition) is 2. The van der Waals surface area contributed by atoms with Gasteiger partial charge in [0.1, 0.15) is 5.75 Å². The van der Waals surface area contributed by atoms with Crippen LogP contribution in [0, 0.1) is 0 Å². The van der Waals surface area contributed by atoms with Crippen LogP contribution in [-0.4, -0.2) is 12.5 Å². The van der Waals surface area contributed by atoms with E-state index in [1.807, 2.05) is 18.2 Å². The van der Waals surface area contributed by atoms with Crippen molar-refractivity contribution in [3.63, 3.8) is 0 Å². The van der Waals surface area contributed by atoms with E-state index in [0.29, 0.717) is 38.1 Å². The Kier molecular flexibility index (Phi) is 6.78. The zero-order valence-corrected chi connectivity index (χ0v) is 17.3. The molecule has 0 aliphatic rings. The second kappa shape index (κ2) is 9.27. The number of ether oxygens (including phenoxy) is 1. The van der Waals surface area contributed by atoms with E-state index >= 15 is 0 Å². The molecule has 3 rings (SSSR count). The quantitative estimate of drug-likeness (QED) is 0.444. The normalized spacial score (nSPS) is 10.5. The van der Waals surface area contributed by atoms with Crippen molar-refractivity contribution in [1.82, 2.24) is 0 Å². The molecule has 27 heavy (non-hydrogen) atoms. The molecule has 3 nitrogen and oxygen atoms in total. The fourth-order valence-corrected chi connectivity index (χ4v) is 3.30. The molecule has 0 radical (unpaired) electrons. The van der Waals surface area contributed by atoms with Crippen molar-refractivity contribution in [2.45, 2.75) is 6.42 Å². The zero-order chi connectivity index (χ0) is 19.2. The molecular weight excluding hydrogens is 449 g/mol. The van der Waals surface area contributed by atoms with Crippen LogP contribution in [0.2, 0.25) is 10.0 Å². The predicted octanol–water partition coefficient (Wildman–Crippen LogP) is 6.63. The minimum absolute atomic E-state index is 0.282. The van der Waals surface area contributed by atoms with Gasteiger partial charge in [0.05, 0.1) is 21.8 Å². The summed E-state index contributed by atoms with van der Waals surface area (Å²) in [5.41, 5.74) is 2.16. The van der Waals surface area contributed by atoms with E-state index in [2.05, 4.69) is 33.4 Å². The molecule has 0 aliphatic carbocycles. The Labute approximate surface area is 176 Å². The molecule has 1 N–H and O–H groups in total. The van der Waals surface area contributed by atoms with Crippen molar-refractivity contribution in [1.29, 1.82) is 0 Å². The van der Waals surface area contributed by atoms with Gasteiger partial charge in [-0.2, -0.15) is 0 Å². The maximum Gasteiger partial charge on any atom is 0.255 e. The molecule has 3 aromatic rings. The van der Waals surface area contributed by atoms with Crippen molar-refractivity contribution in [3.8, 4) is 5.75 Å². The number of nitrogens with one attached hydrogen (secondary N) is 1. The van der Waals surface area contributed by atoms with Crippen LogP contribution in [0.4, 0.5) is 5.69 Å². The summed E-state index contributed by atoms with van der Waals surface area (Å²) in [5, 5.41) is 3.68. The summed E-state index contributed by atoms with van der Waals surface area (Å²) in [6, 6.07) is 20.2. The number of rotatable bonds is 6.